The van der Waals surface area contributed by atoms with Gasteiger partial charge in [-0.3, -0.25) is 0 Å². The maximum Gasteiger partial charge on any atom is 0.170 e. The molecule has 1 aromatic carbocycles. The summed E-state index contributed by atoms with van der Waals surface area (Å²) in [7, 11) is 0. The number of halogens is 1. The Balaban J connectivity index is 1.90. The summed E-state index contributed by atoms with van der Waals surface area (Å²) in [6, 6.07) is 7.57. The van der Waals surface area contributed by atoms with Gasteiger partial charge >= 0.3 is 0 Å². The van der Waals surface area contributed by atoms with Gasteiger partial charge in [-0.25, -0.2) is 0 Å². The van der Waals surface area contributed by atoms with Crippen molar-refractivity contribution in [2.24, 2.45) is 0 Å². The summed E-state index contributed by atoms with van der Waals surface area (Å²) in [5.41, 5.74) is 0.968. The first kappa shape index (κ1) is 20.2. The number of hydrogen-bond donors (Lipinski definition) is 2. The molecular formula is C19H31ClN2S. The molecule has 0 unspecified atom stereocenters. The number of thiocarbonyl (C=S) groups is 1. The van der Waals surface area contributed by atoms with Crippen molar-refractivity contribution in [1.29, 1.82) is 0 Å². The zero-order valence-electron chi connectivity index (χ0n) is 14.4. The molecule has 0 spiro atoms. The van der Waals surface area contributed by atoms with E-state index in [1.54, 1.807) is 0 Å². The largest absolute Gasteiger partial charge is 0.362 e. The molecule has 0 atom stereocenters. The maximum atomic E-state index is 5.86. The zero-order valence-corrected chi connectivity index (χ0v) is 15.9. The van der Waals surface area contributed by atoms with Crippen molar-refractivity contribution in [1.82, 2.24) is 5.32 Å². The standard InChI is InChI=1S/C19H31ClN2S/c1-2-3-4-5-6-7-8-9-10-11-16-21-19(23)22-18-14-12-17(20)13-15-18/h12-15H,2-11,16H2,1H3,(H2,21,22,23). The van der Waals surface area contributed by atoms with Crippen LogP contribution in [-0.4, -0.2) is 11.7 Å². The maximum absolute atomic E-state index is 5.86. The number of rotatable bonds is 12. The summed E-state index contributed by atoms with van der Waals surface area (Å²) in [4.78, 5) is 0. The van der Waals surface area contributed by atoms with Crippen molar-refractivity contribution in [3.8, 4) is 0 Å². The van der Waals surface area contributed by atoms with E-state index in [9.17, 15) is 0 Å². The molecule has 130 valence electrons. The number of benzene rings is 1. The predicted octanol–water partition coefficient (Wildman–Crippen LogP) is 6.55. The van der Waals surface area contributed by atoms with Crippen LogP contribution in [-0.2, 0) is 0 Å². The van der Waals surface area contributed by atoms with E-state index in [4.69, 9.17) is 23.8 Å². The Kier molecular flexibility index (Phi) is 12.0. The summed E-state index contributed by atoms with van der Waals surface area (Å²) < 4.78 is 0. The summed E-state index contributed by atoms with van der Waals surface area (Å²) in [6.07, 6.45) is 13.5. The Morgan fingerprint density at radius 1 is 0.870 bits per heavy atom. The van der Waals surface area contributed by atoms with E-state index in [2.05, 4.69) is 17.6 Å². The van der Waals surface area contributed by atoms with Crippen molar-refractivity contribution in [3.05, 3.63) is 29.3 Å². The third-order valence-corrected chi connectivity index (χ3v) is 4.42. The molecule has 0 fully saturated rings. The van der Waals surface area contributed by atoms with Gasteiger partial charge in [-0.1, -0.05) is 76.3 Å². The van der Waals surface area contributed by atoms with Crippen LogP contribution in [0.2, 0.25) is 5.02 Å². The summed E-state index contributed by atoms with van der Waals surface area (Å²) in [5, 5.41) is 7.84. The van der Waals surface area contributed by atoms with Gasteiger partial charge in [0, 0.05) is 17.3 Å². The molecule has 0 aliphatic carbocycles. The van der Waals surface area contributed by atoms with Crippen LogP contribution in [0.4, 0.5) is 5.69 Å². The number of hydrogen-bond acceptors (Lipinski definition) is 1. The molecule has 2 N–H and O–H groups in total. The van der Waals surface area contributed by atoms with E-state index in [0.717, 1.165) is 17.3 Å². The summed E-state index contributed by atoms with van der Waals surface area (Å²) in [5.74, 6) is 0. The average molecular weight is 355 g/mol. The minimum Gasteiger partial charge on any atom is -0.362 e. The number of anilines is 1. The predicted molar refractivity (Wildman–Crippen MR) is 108 cm³/mol. The van der Waals surface area contributed by atoms with Crippen molar-refractivity contribution >= 4 is 34.6 Å². The van der Waals surface area contributed by atoms with Crippen LogP contribution in [0.15, 0.2) is 24.3 Å². The highest BCUT2D eigenvalue weighted by Crippen LogP contribution is 2.13. The molecule has 1 aromatic rings. The fraction of sp³-hybridized carbons (Fsp3) is 0.632. The lowest BCUT2D eigenvalue weighted by atomic mass is 10.1. The third kappa shape index (κ3) is 11.4. The molecule has 2 nitrogen and oxygen atoms in total. The quantitative estimate of drug-likeness (QED) is 0.329. The van der Waals surface area contributed by atoms with Crippen LogP contribution < -0.4 is 10.6 Å². The monoisotopic (exact) mass is 354 g/mol. The first-order valence-electron chi connectivity index (χ1n) is 9.03. The van der Waals surface area contributed by atoms with Crippen molar-refractivity contribution in [2.75, 3.05) is 11.9 Å². The molecule has 0 saturated heterocycles. The van der Waals surface area contributed by atoms with Crippen molar-refractivity contribution in [3.63, 3.8) is 0 Å². The molecule has 23 heavy (non-hydrogen) atoms. The zero-order chi connectivity index (χ0) is 16.8. The molecule has 1 rings (SSSR count). The fourth-order valence-corrected chi connectivity index (χ4v) is 2.87. The molecule has 0 aromatic heterocycles. The van der Waals surface area contributed by atoms with E-state index in [0.29, 0.717) is 5.11 Å². The molecule has 0 amide bonds. The number of unbranched alkanes of at least 4 members (excludes halogenated alkanes) is 9. The average Bonchev–Trinajstić information content (AvgIpc) is 2.55. The second kappa shape index (κ2) is 13.6. The van der Waals surface area contributed by atoms with Gasteiger partial charge in [0.25, 0.3) is 0 Å². The first-order chi connectivity index (χ1) is 11.2. The van der Waals surface area contributed by atoms with Gasteiger partial charge in [-0.15, -0.1) is 0 Å². The smallest absolute Gasteiger partial charge is 0.170 e. The minimum atomic E-state index is 0.684. The van der Waals surface area contributed by atoms with Gasteiger partial charge in [0.05, 0.1) is 0 Å². The summed E-state index contributed by atoms with van der Waals surface area (Å²) >= 11 is 11.1. The molecular weight excluding hydrogens is 324 g/mol. The van der Waals surface area contributed by atoms with Gasteiger partial charge in [0.15, 0.2) is 5.11 Å². The Hall–Kier alpha value is -0.800. The molecule has 0 radical (unpaired) electrons. The third-order valence-electron chi connectivity index (χ3n) is 3.92. The van der Waals surface area contributed by atoms with Gasteiger partial charge in [-0.2, -0.15) is 0 Å². The topological polar surface area (TPSA) is 24.1 Å². The van der Waals surface area contributed by atoms with Crippen LogP contribution in [0.1, 0.15) is 71.1 Å². The highest BCUT2D eigenvalue weighted by Gasteiger charge is 1.97. The molecule has 0 aliphatic heterocycles. The van der Waals surface area contributed by atoms with Crippen LogP contribution in [0.5, 0.6) is 0 Å². The van der Waals surface area contributed by atoms with Gasteiger partial charge in [0.1, 0.15) is 0 Å². The SMILES string of the molecule is CCCCCCCCCCCCNC(=S)Nc1ccc(Cl)cc1. The van der Waals surface area contributed by atoms with Gasteiger partial charge < -0.3 is 10.6 Å². The normalized spacial score (nSPS) is 10.5. The first-order valence-corrected chi connectivity index (χ1v) is 9.81. The van der Waals surface area contributed by atoms with Gasteiger partial charge in [-0.05, 0) is 42.9 Å². The Labute approximate surface area is 152 Å². The Morgan fingerprint density at radius 2 is 1.39 bits per heavy atom. The van der Waals surface area contributed by atoms with E-state index >= 15 is 0 Å². The van der Waals surface area contributed by atoms with Crippen LogP contribution >= 0.6 is 23.8 Å². The molecule has 0 bridgehead atoms. The number of nitrogens with one attached hydrogen (secondary N) is 2. The van der Waals surface area contributed by atoms with Crippen LogP contribution in [0, 0.1) is 0 Å². The molecule has 0 aliphatic rings. The lowest BCUT2D eigenvalue weighted by molar-refractivity contribution is 0.555. The molecule has 0 saturated carbocycles. The highest BCUT2D eigenvalue weighted by atomic mass is 35.5. The van der Waals surface area contributed by atoms with E-state index in [-0.39, 0.29) is 0 Å². The Morgan fingerprint density at radius 3 is 1.96 bits per heavy atom. The molecule has 4 heteroatoms. The van der Waals surface area contributed by atoms with Crippen LogP contribution in [0.3, 0.4) is 0 Å². The van der Waals surface area contributed by atoms with E-state index in [1.165, 1.54) is 64.2 Å². The Bertz CT molecular complexity index is 420. The van der Waals surface area contributed by atoms with Crippen molar-refractivity contribution in [2.45, 2.75) is 71.1 Å². The lowest BCUT2D eigenvalue weighted by Gasteiger charge is -2.10. The second-order valence-corrected chi connectivity index (χ2v) is 6.91. The molecule has 0 heterocycles. The minimum absolute atomic E-state index is 0.684. The van der Waals surface area contributed by atoms with Crippen LogP contribution in [0.25, 0.3) is 0 Å². The fourth-order valence-electron chi connectivity index (χ4n) is 2.52. The lowest BCUT2D eigenvalue weighted by Crippen LogP contribution is -2.29. The van der Waals surface area contributed by atoms with E-state index in [1.807, 2.05) is 24.3 Å². The highest BCUT2D eigenvalue weighted by molar-refractivity contribution is 7.80. The van der Waals surface area contributed by atoms with E-state index < -0.39 is 0 Å². The summed E-state index contributed by atoms with van der Waals surface area (Å²) in [6.45, 7) is 3.21. The van der Waals surface area contributed by atoms with Gasteiger partial charge in [0.2, 0.25) is 0 Å². The second-order valence-electron chi connectivity index (χ2n) is 6.07. The van der Waals surface area contributed by atoms with Crippen molar-refractivity contribution < 1.29 is 0 Å².